The average molecular weight is 407 g/mol. The van der Waals surface area contributed by atoms with Crippen molar-refractivity contribution in [3.63, 3.8) is 0 Å². The number of ether oxygens (including phenoxy) is 2. The number of rotatable bonds is 3. The number of H-pyrrole nitrogens is 2. The molecule has 152 valence electrons. The lowest BCUT2D eigenvalue weighted by atomic mass is 10.1. The van der Waals surface area contributed by atoms with Crippen molar-refractivity contribution >= 4 is 28.6 Å². The van der Waals surface area contributed by atoms with Gasteiger partial charge in [0.1, 0.15) is 11.5 Å². The molecule has 0 bridgehead atoms. The Hall–Kier alpha value is -4.34. The molecule has 3 amide bonds. The monoisotopic (exact) mass is 407 g/mol. The summed E-state index contributed by atoms with van der Waals surface area (Å²) >= 11 is 0. The van der Waals surface area contributed by atoms with Crippen LogP contribution in [0.2, 0.25) is 0 Å². The first-order valence-corrected chi connectivity index (χ1v) is 8.82. The van der Waals surface area contributed by atoms with Crippen molar-refractivity contribution in [3.8, 4) is 34.0 Å². The molecule has 2 aliphatic rings. The molecule has 10 heteroatoms. The number of aromatic amines is 2. The number of aromatic nitrogens is 2. The van der Waals surface area contributed by atoms with Gasteiger partial charge in [-0.2, -0.15) is 0 Å². The molecule has 30 heavy (non-hydrogen) atoms. The number of nitrogens with zero attached hydrogens (tertiary/aromatic N) is 2. The van der Waals surface area contributed by atoms with Gasteiger partial charge in [-0.1, -0.05) is 22.4 Å². The summed E-state index contributed by atoms with van der Waals surface area (Å²) in [4.78, 5) is 23.0. The van der Waals surface area contributed by atoms with Crippen LogP contribution in [0.4, 0.5) is 15.3 Å². The zero-order valence-electron chi connectivity index (χ0n) is 16.0. The molecule has 10 nitrogen and oxygen atoms in total. The zero-order chi connectivity index (χ0) is 21.3. The highest BCUT2D eigenvalue weighted by Crippen LogP contribution is 2.49. The molecule has 0 saturated carbocycles. The highest BCUT2D eigenvalue weighted by molar-refractivity contribution is 6.16. The number of amides is 3. The average Bonchev–Trinajstić information content (AvgIpc) is 3.32. The molecule has 0 saturated heterocycles. The quantitative estimate of drug-likeness (QED) is 0.363. The molecule has 1 aliphatic heterocycles. The van der Waals surface area contributed by atoms with Crippen LogP contribution in [-0.2, 0) is 4.74 Å². The van der Waals surface area contributed by atoms with Gasteiger partial charge in [-0.3, -0.25) is 10.2 Å². The summed E-state index contributed by atoms with van der Waals surface area (Å²) in [5.74, 6) is 0.706. The summed E-state index contributed by atoms with van der Waals surface area (Å²) in [6.45, 7) is 0. The summed E-state index contributed by atoms with van der Waals surface area (Å²) in [6, 6.07) is 11.6. The van der Waals surface area contributed by atoms with Gasteiger partial charge in [-0.25, -0.2) is 9.59 Å². The maximum atomic E-state index is 12.0. The summed E-state index contributed by atoms with van der Waals surface area (Å²) in [5.41, 5.74) is 3.10. The third-order valence-corrected chi connectivity index (χ3v) is 4.64. The van der Waals surface area contributed by atoms with Crippen molar-refractivity contribution in [3.05, 3.63) is 42.5 Å². The van der Waals surface area contributed by atoms with Crippen LogP contribution in [-0.4, -0.2) is 41.6 Å². The Morgan fingerprint density at radius 3 is 2.43 bits per heavy atom. The second kappa shape index (κ2) is 7.59. The fourth-order valence-corrected chi connectivity index (χ4v) is 3.30. The van der Waals surface area contributed by atoms with Gasteiger partial charge in [-0.05, 0) is 30.3 Å². The minimum absolute atomic E-state index is 0.0101. The maximum absolute atomic E-state index is 12.0. The number of urea groups is 1. The summed E-state index contributed by atoms with van der Waals surface area (Å²) < 4.78 is 9.49. The largest absolute Gasteiger partial charge is 0.506 e. The molecule has 0 atom stereocenters. The fraction of sp³-hybridized carbons (Fsp3) is 0.100. The molecule has 0 fully saturated rings. The SMILES string of the molecule is COC(=O)N=NC(=O)Nc1cccc2c3[nH][nH]c(-c4ccc(OC)cc4)c-3c(O)c12. The highest BCUT2D eigenvalue weighted by Gasteiger charge is 2.26. The van der Waals surface area contributed by atoms with Gasteiger partial charge in [0, 0.05) is 10.9 Å². The Morgan fingerprint density at radius 1 is 1.00 bits per heavy atom. The number of hydrogen-bond acceptors (Lipinski definition) is 5. The molecule has 1 aliphatic carbocycles. The van der Waals surface area contributed by atoms with Crippen molar-refractivity contribution < 1.29 is 24.2 Å². The second-order valence-electron chi connectivity index (χ2n) is 6.28. The first-order valence-electron chi connectivity index (χ1n) is 8.82. The molecule has 0 unspecified atom stereocenters. The molecular weight excluding hydrogens is 390 g/mol. The van der Waals surface area contributed by atoms with Crippen LogP contribution in [0.15, 0.2) is 52.7 Å². The third kappa shape index (κ3) is 3.20. The predicted octanol–water partition coefficient (Wildman–Crippen LogP) is 4.73. The van der Waals surface area contributed by atoms with Gasteiger partial charge in [0.05, 0.1) is 42.2 Å². The van der Waals surface area contributed by atoms with E-state index in [0.29, 0.717) is 39.2 Å². The third-order valence-electron chi connectivity index (χ3n) is 4.64. The van der Waals surface area contributed by atoms with Crippen LogP contribution in [0.5, 0.6) is 11.5 Å². The molecule has 2 aromatic carbocycles. The Kier molecular flexibility index (Phi) is 4.80. The Morgan fingerprint density at radius 2 is 1.73 bits per heavy atom. The van der Waals surface area contributed by atoms with Gasteiger partial charge < -0.3 is 19.9 Å². The van der Waals surface area contributed by atoms with E-state index in [0.717, 1.165) is 12.7 Å². The van der Waals surface area contributed by atoms with Crippen LogP contribution >= 0.6 is 0 Å². The van der Waals surface area contributed by atoms with E-state index in [1.54, 1.807) is 19.2 Å². The van der Waals surface area contributed by atoms with Crippen LogP contribution in [0.25, 0.3) is 33.3 Å². The number of azo groups is 1. The molecular formula is C20H17N5O5. The Bertz CT molecular complexity index is 1240. The van der Waals surface area contributed by atoms with Gasteiger partial charge >= 0.3 is 12.1 Å². The number of carbonyl (C=O) groups excluding carboxylic acids is 2. The van der Waals surface area contributed by atoms with Crippen LogP contribution in [0.1, 0.15) is 0 Å². The Balaban J connectivity index is 1.77. The minimum atomic E-state index is -0.993. The van der Waals surface area contributed by atoms with E-state index in [1.807, 2.05) is 30.3 Å². The van der Waals surface area contributed by atoms with E-state index in [1.165, 1.54) is 0 Å². The van der Waals surface area contributed by atoms with E-state index in [9.17, 15) is 14.7 Å². The molecule has 4 N–H and O–H groups in total. The van der Waals surface area contributed by atoms with E-state index < -0.39 is 12.1 Å². The first-order chi connectivity index (χ1) is 14.5. The number of methoxy groups -OCH3 is 2. The van der Waals surface area contributed by atoms with Crippen molar-refractivity contribution in [1.29, 1.82) is 0 Å². The second-order valence-corrected chi connectivity index (χ2v) is 6.28. The molecule has 1 heterocycles. The normalized spacial score (nSPS) is 11.3. The number of aromatic hydroxyl groups is 1. The van der Waals surface area contributed by atoms with Crippen molar-refractivity contribution in [2.24, 2.45) is 10.2 Å². The van der Waals surface area contributed by atoms with Crippen LogP contribution in [0, 0.1) is 0 Å². The minimum Gasteiger partial charge on any atom is -0.506 e. The maximum Gasteiger partial charge on any atom is 0.452 e. The number of anilines is 1. The van der Waals surface area contributed by atoms with Gasteiger partial charge in [0.2, 0.25) is 0 Å². The van der Waals surface area contributed by atoms with E-state index in [4.69, 9.17) is 4.74 Å². The van der Waals surface area contributed by atoms with Crippen LogP contribution < -0.4 is 10.1 Å². The number of benzene rings is 2. The summed E-state index contributed by atoms with van der Waals surface area (Å²) in [6.07, 6.45) is -0.993. The number of fused-ring (bicyclic) bond motifs is 3. The zero-order valence-corrected chi connectivity index (χ0v) is 16.0. The lowest BCUT2D eigenvalue weighted by molar-refractivity contribution is 0.180. The van der Waals surface area contributed by atoms with Gasteiger partial charge in [-0.15, -0.1) is 0 Å². The molecule has 2 aromatic rings. The molecule has 4 rings (SSSR count). The van der Waals surface area contributed by atoms with Crippen molar-refractivity contribution in [1.82, 2.24) is 10.2 Å². The van der Waals surface area contributed by atoms with Gasteiger partial charge in [0.25, 0.3) is 0 Å². The number of nitrogens with one attached hydrogen (secondary N) is 3. The van der Waals surface area contributed by atoms with Crippen molar-refractivity contribution in [2.45, 2.75) is 0 Å². The number of carbonyl (C=O) groups is 2. The topological polar surface area (TPSA) is 141 Å². The lowest BCUT2D eigenvalue weighted by Gasteiger charge is -2.05. The highest BCUT2D eigenvalue weighted by atomic mass is 16.5. The first kappa shape index (κ1) is 19.0. The predicted molar refractivity (Wildman–Crippen MR) is 109 cm³/mol. The molecule has 0 aromatic heterocycles. The molecule has 0 spiro atoms. The number of hydrogen-bond donors (Lipinski definition) is 4. The van der Waals surface area contributed by atoms with E-state index in [-0.39, 0.29) is 5.75 Å². The molecule has 0 radical (unpaired) electrons. The standard InChI is InChI=1S/C20H17N5O5/c1-29-11-8-6-10(7-9-11)16-15-17(23-22-16)12-4-3-5-13(14(12)18(15)26)21-19(27)24-25-20(28)30-2/h3-9,22-23,26H,1-2H3,(H,21,27). The fourth-order valence-electron chi connectivity index (χ4n) is 3.30. The smallest absolute Gasteiger partial charge is 0.452 e. The summed E-state index contributed by atoms with van der Waals surface area (Å²) in [7, 11) is 2.72. The van der Waals surface area contributed by atoms with Crippen LogP contribution in [0.3, 0.4) is 0 Å². The van der Waals surface area contributed by atoms with Gasteiger partial charge in [0.15, 0.2) is 0 Å². The van der Waals surface area contributed by atoms with E-state index >= 15 is 0 Å². The summed E-state index contributed by atoms with van der Waals surface area (Å²) in [5, 5.41) is 27.1. The van der Waals surface area contributed by atoms with E-state index in [2.05, 4.69) is 30.5 Å². The lowest BCUT2D eigenvalue weighted by Crippen LogP contribution is -2.06. The van der Waals surface area contributed by atoms with Crippen molar-refractivity contribution in [2.75, 3.05) is 19.5 Å². The Labute approximate surface area is 169 Å².